The number of carbonyl (C=O) groups excluding carboxylic acids is 1. The van der Waals surface area contributed by atoms with E-state index < -0.39 is 0 Å². The van der Waals surface area contributed by atoms with Crippen LogP contribution in [-0.4, -0.2) is 11.9 Å². The highest BCUT2D eigenvalue weighted by Crippen LogP contribution is 2.28. The third-order valence-electron chi connectivity index (χ3n) is 3.36. The molecule has 102 valence electrons. The Morgan fingerprint density at radius 2 is 1.90 bits per heavy atom. The van der Waals surface area contributed by atoms with Crippen LogP contribution in [0.15, 0.2) is 42.5 Å². The molecule has 0 heterocycles. The van der Waals surface area contributed by atoms with Crippen LogP contribution in [0.4, 0.5) is 0 Å². The van der Waals surface area contributed by atoms with Gasteiger partial charge in [0.2, 0.25) is 0 Å². The highest BCUT2D eigenvalue weighted by atomic mass is 35.5. The van der Waals surface area contributed by atoms with Crippen LogP contribution in [0, 0.1) is 6.92 Å². The Hall–Kier alpha value is -1.80. The average molecular weight is 287 g/mol. The molecule has 3 rings (SSSR count). The van der Waals surface area contributed by atoms with E-state index in [0.29, 0.717) is 22.3 Å². The highest BCUT2D eigenvalue weighted by Gasteiger charge is 2.23. The minimum absolute atomic E-state index is 0.0341. The van der Waals surface area contributed by atoms with Crippen LogP contribution in [0.1, 0.15) is 34.3 Å². The third-order valence-corrected chi connectivity index (χ3v) is 3.76. The largest absolute Gasteiger partial charge is 0.490 e. The summed E-state index contributed by atoms with van der Waals surface area (Å²) in [6, 6.07) is 12.7. The molecule has 1 aliphatic carbocycles. The molecule has 0 unspecified atom stereocenters. The Balaban J connectivity index is 1.86. The number of ether oxygens (including phenoxy) is 1. The van der Waals surface area contributed by atoms with E-state index in [-0.39, 0.29) is 5.78 Å². The van der Waals surface area contributed by atoms with E-state index in [1.54, 1.807) is 24.3 Å². The Labute approximate surface area is 123 Å². The standard InChI is InChI=1S/C17H15ClO2/c1-11-5-6-13(10-16(11)18)17(19)12-3-2-4-15(9-12)20-14-7-8-14/h2-6,9-10,14H,7-8H2,1H3. The summed E-state index contributed by atoms with van der Waals surface area (Å²) in [5.41, 5.74) is 2.20. The van der Waals surface area contributed by atoms with Gasteiger partial charge in [-0.25, -0.2) is 0 Å². The van der Waals surface area contributed by atoms with Crippen LogP contribution in [0.2, 0.25) is 5.02 Å². The smallest absolute Gasteiger partial charge is 0.193 e. The third kappa shape index (κ3) is 2.86. The highest BCUT2D eigenvalue weighted by molar-refractivity contribution is 6.31. The minimum Gasteiger partial charge on any atom is -0.490 e. The number of aryl methyl sites for hydroxylation is 1. The number of carbonyl (C=O) groups is 1. The van der Waals surface area contributed by atoms with Gasteiger partial charge < -0.3 is 4.74 Å². The van der Waals surface area contributed by atoms with E-state index in [1.165, 1.54) is 0 Å². The van der Waals surface area contributed by atoms with Gasteiger partial charge in [0.05, 0.1) is 6.10 Å². The summed E-state index contributed by atoms with van der Waals surface area (Å²) in [6.45, 7) is 1.92. The zero-order valence-corrected chi connectivity index (χ0v) is 12.0. The predicted molar refractivity (Wildman–Crippen MR) is 79.7 cm³/mol. The first kappa shape index (κ1) is 13.2. The van der Waals surface area contributed by atoms with Crippen LogP contribution in [-0.2, 0) is 0 Å². The molecular weight excluding hydrogens is 272 g/mol. The second-order valence-electron chi connectivity index (χ2n) is 5.14. The molecule has 0 aliphatic heterocycles. The van der Waals surface area contributed by atoms with E-state index in [1.807, 2.05) is 25.1 Å². The van der Waals surface area contributed by atoms with Gasteiger partial charge in [-0.05, 0) is 43.5 Å². The minimum atomic E-state index is -0.0341. The van der Waals surface area contributed by atoms with Crippen molar-refractivity contribution >= 4 is 17.4 Å². The number of benzene rings is 2. The number of hydrogen-bond acceptors (Lipinski definition) is 2. The van der Waals surface area contributed by atoms with Gasteiger partial charge in [0, 0.05) is 16.1 Å². The van der Waals surface area contributed by atoms with Gasteiger partial charge in [-0.3, -0.25) is 4.79 Å². The first-order chi connectivity index (χ1) is 9.63. The zero-order valence-electron chi connectivity index (χ0n) is 11.2. The van der Waals surface area contributed by atoms with E-state index in [0.717, 1.165) is 24.2 Å². The molecule has 0 aromatic heterocycles. The number of hydrogen-bond donors (Lipinski definition) is 0. The summed E-state index contributed by atoms with van der Waals surface area (Å²) < 4.78 is 5.72. The molecule has 1 saturated carbocycles. The van der Waals surface area contributed by atoms with Crippen molar-refractivity contribution in [1.29, 1.82) is 0 Å². The summed E-state index contributed by atoms with van der Waals surface area (Å²) in [6.07, 6.45) is 2.53. The number of rotatable bonds is 4. The van der Waals surface area contributed by atoms with Crippen LogP contribution >= 0.6 is 11.6 Å². The topological polar surface area (TPSA) is 26.3 Å². The Morgan fingerprint density at radius 3 is 2.60 bits per heavy atom. The molecule has 0 spiro atoms. The van der Waals surface area contributed by atoms with Gasteiger partial charge in [0.15, 0.2) is 5.78 Å². The van der Waals surface area contributed by atoms with Crippen molar-refractivity contribution in [2.75, 3.05) is 0 Å². The fourth-order valence-electron chi connectivity index (χ4n) is 1.99. The van der Waals surface area contributed by atoms with Crippen LogP contribution in [0.5, 0.6) is 5.75 Å². The van der Waals surface area contributed by atoms with Gasteiger partial charge in [0.1, 0.15) is 5.75 Å². The lowest BCUT2D eigenvalue weighted by Crippen LogP contribution is -2.03. The average Bonchev–Trinajstić information content (AvgIpc) is 3.25. The van der Waals surface area contributed by atoms with E-state index in [9.17, 15) is 4.79 Å². The molecule has 1 fully saturated rings. The van der Waals surface area contributed by atoms with Crippen molar-refractivity contribution in [3.8, 4) is 5.75 Å². The van der Waals surface area contributed by atoms with Gasteiger partial charge in [-0.2, -0.15) is 0 Å². The molecule has 0 N–H and O–H groups in total. The summed E-state index contributed by atoms with van der Waals surface area (Å²) in [7, 11) is 0. The molecule has 2 aromatic carbocycles. The van der Waals surface area contributed by atoms with Gasteiger partial charge in [0.25, 0.3) is 0 Å². The maximum absolute atomic E-state index is 12.4. The molecule has 3 heteroatoms. The van der Waals surface area contributed by atoms with Crippen LogP contribution in [0.3, 0.4) is 0 Å². The van der Waals surface area contributed by atoms with Crippen molar-refractivity contribution < 1.29 is 9.53 Å². The van der Waals surface area contributed by atoms with Gasteiger partial charge in [-0.1, -0.05) is 35.9 Å². The molecular formula is C17H15ClO2. The molecule has 0 atom stereocenters. The maximum atomic E-state index is 12.4. The summed E-state index contributed by atoms with van der Waals surface area (Å²) >= 11 is 6.08. The Morgan fingerprint density at radius 1 is 1.15 bits per heavy atom. The number of ketones is 1. The Bertz CT molecular complexity index is 660. The quantitative estimate of drug-likeness (QED) is 0.778. The summed E-state index contributed by atoms with van der Waals surface area (Å²) in [5.74, 6) is 0.727. The van der Waals surface area contributed by atoms with Crippen molar-refractivity contribution in [1.82, 2.24) is 0 Å². The predicted octanol–water partition coefficient (Wildman–Crippen LogP) is 4.42. The monoisotopic (exact) mass is 286 g/mol. The van der Waals surface area contributed by atoms with Gasteiger partial charge in [-0.15, -0.1) is 0 Å². The summed E-state index contributed by atoms with van der Waals surface area (Å²) in [5, 5.41) is 0.612. The molecule has 0 radical (unpaired) electrons. The first-order valence-electron chi connectivity index (χ1n) is 6.71. The lowest BCUT2D eigenvalue weighted by molar-refractivity contribution is 0.103. The van der Waals surface area contributed by atoms with Gasteiger partial charge >= 0.3 is 0 Å². The van der Waals surface area contributed by atoms with E-state index in [4.69, 9.17) is 16.3 Å². The maximum Gasteiger partial charge on any atom is 0.193 e. The molecule has 2 nitrogen and oxygen atoms in total. The van der Waals surface area contributed by atoms with Crippen LogP contribution in [0.25, 0.3) is 0 Å². The molecule has 20 heavy (non-hydrogen) atoms. The molecule has 2 aromatic rings. The normalized spacial score (nSPS) is 14.1. The van der Waals surface area contributed by atoms with E-state index in [2.05, 4.69) is 0 Å². The fourth-order valence-corrected chi connectivity index (χ4v) is 2.17. The van der Waals surface area contributed by atoms with Crippen molar-refractivity contribution in [2.45, 2.75) is 25.9 Å². The molecule has 0 bridgehead atoms. The zero-order chi connectivity index (χ0) is 14.1. The molecule has 0 saturated heterocycles. The molecule has 1 aliphatic rings. The lowest BCUT2D eigenvalue weighted by atomic mass is 10.0. The van der Waals surface area contributed by atoms with Crippen molar-refractivity contribution in [2.24, 2.45) is 0 Å². The lowest BCUT2D eigenvalue weighted by Gasteiger charge is -2.07. The second-order valence-corrected chi connectivity index (χ2v) is 5.55. The molecule has 0 amide bonds. The first-order valence-corrected chi connectivity index (χ1v) is 7.09. The fraction of sp³-hybridized carbons (Fsp3) is 0.235. The van der Waals surface area contributed by atoms with Crippen LogP contribution < -0.4 is 4.74 Å². The number of halogens is 1. The van der Waals surface area contributed by atoms with Crippen molar-refractivity contribution in [3.63, 3.8) is 0 Å². The SMILES string of the molecule is Cc1ccc(C(=O)c2cccc(OC3CC3)c2)cc1Cl. The second kappa shape index (κ2) is 5.29. The van der Waals surface area contributed by atoms with Crippen molar-refractivity contribution in [3.05, 3.63) is 64.2 Å². The Kier molecular flexibility index (Phi) is 3.49. The summed E-state index contributed by atoms with van der Waals surface area (Å²) in [4.78, 5) is 12.4. The van der Waals surface area contributed by atoms with E-state index >= 15 is 0 Å².